The minimum absolute atomic E-state index is 0.0993. The van der Waals surface area contributed by atoms with Crippen LogP contribution < -0.4 is 4.90 Å². The van der Waals surface area contributed by atoms with Crippen molar-refractivity contribution in [3.05, 3.63) is 28.2 Å². The number of benzene rings is 1. The maximum atomic E-state index is 6.01. The van der Waals surface area contributed by atoms with E-state index in [1.54, 1.807) is 0 Å². The average Bonchev–Trinajstić information content (AvgIpc) is 2.64. The lowest BCUT2D eigenvalue weighted by molar-refractivity contribution is 0.0576. The van der Waals surface area contributed by atoms with E-state index in [0.29, 0.717) is 16.1 Å². The van der Waals surface area contributed by atoms with Crippen molar-refractivity contribution in [3.8, 4) is 0 Å². The van der Waals surface area contributed by atoms with Crippen LogP contribution in [0.4, 0.5) is 5.69 Å². The van der Waals surface area contributed by atoms with Crippen LogP contribution in [-0.2, 0) is 4.74 Å². The molecule has 1 aromatic carbocycles. The molecule has 0 unspecified atom stereocenters. The Kier molecular flexibility index (Phi) is 3.63. The molecule has 1 aliphatic rings. The van der Waals surface area contributed by atoms with Crippen molar-refractivity contribution in [2.24, 2.45) is 0 Å². The summed E-state index contributed by atoms with van der Waals surface area (Å²) in [7, 11) is 0. The van der Waals surface area contributed by atoms with Crippen molar-refractivity contribution in [3.63, 3.8) is 0 Å². The molecule has 0 aliphatic carbocycles. The van der Waals surface area contributed by atoms with Crippen LogP contribution in [0.15, 0.2) is 18.2 Å². The van der Waals surface area contributed by atoms with E-state index in [-0.39, 0.29) is 6.23 Å². The molecule has 16 heavy (non-hydrogen) atoms. The first-order chi connectivity index (χ1) is 7.61. The lowest BCUT2D eigenvalue weighted by Crippen LogP contribution is -2.27. The quantitative estimate of drug-likeness (QED) is 0.798. The van der Waals surface area contributed by atoms with Gasteiger partial charge in [-0.3, -0.25) is 0 Å². The van der Waals surface area contributed by atoms with E-state index in [9.17, 15) is 0 Å². The van der Waals surface area contributed by atoms with Crippen LogP contribution in [0.2, 0.25) is 10.0 Å². The van der Waals surface area contributed by atoms with Gasteiger partial charge >= 0.3 is 0 Å². The number of halogens is 2. The number of hydrogen-bond acceptors (Lipinski definition) is 2. The molecule has 1 fully saturated rings. The summed E-state index contributed by atoms with van der Waals surface area (Å²) in [6.45, 7) is 5.10. The minimum Gasteiger partial charge on any atom is -0.354 e. The number of hydrogen-bond donors (Lipinski definition) is 0. The molecule has 0 aromatic heterocycles. The van der Waals surface area contributed by atoms with E-state index in [2.05, 4.69) is 18.7 Å². The van der Waals surface area contributed by atoms with Gasteiger partial charge in [-0.1, -0.05) is 30.1 Å². The summed E-state index contributed by atoms with van der Waals surface area (Å²) < 4.78 is 5.80. The van der Waals surface area contributed by atoms with E-state index in [4.69, 9.17) is 27.9 Å². The fourth-order valence-corrected chi connectivity index (χ4v) is 2.26. The van der Waals surface area contributed by atoms with E-state index in [1.807, 2.05) is 18.2 Å². The molecular weight excluding hydrogens is 245 g/mol. The average molecular weight is 260 g/mol. The first-order valence-electron chi connectivity index (χ1n) is 5.49. The first kappa shape index (κ1) is 12.0. The Morgan fingerprint density at radius 1 is 1.38 bits per heavy atom. The van der Waals surface area contributed by atoms with Crippen molar-refractivity contribution in [2.45, 2.75) is 32.6 Å². The van der Waals surface area contributed by atoms with Gasteiger partial charge in [0.25, 0.3) is 0 Å². The van der Waals surface area contributed by atoms with Crippen molar-refractivity contribution in [1.29, 1.82) is 0 Å². The van der Waals surface area contributed by atoms with E-state index in [0.717, 1.165) is 18.7 Å². The predicted octanol–water partition coefficient (Wildman–Crippen LogP) is 3.95. The largest absolute Gasteiger partial charge is 0.354 e. The molecule has 1 heterocycles. The summed E-state index contributed by atoms with van der Waals surface area (Å²) in [5.41, 5.74) is 1.07. The second-order valence-corrected chi connectivity index (χ2v) is 4.83. The highest BCUT2D eigenvalue weighted by atomic mass is 35.5. The summed E-state index contributed by atoms with van der Waals surface area (Å²) >= 11 is 11.9. The van der Waals surface area contributed by atoms with Crippen molar-refractivity contribution < 1.29 is 4.74 Å². The Labute approximate surface area is 106 Å². The number of rotatable bonds is 2. The zero-order valence-corrected chi connectivity index (χ0v) is 10.9. The highest BCUT2D eigenvalue weighted by Gasteiger charge is 2.28. The highest BCUT2D eigenvalue weighted by Crippen LogP contribution is 2.31. The van der Waals surface area contributed by atoms with Crippen LogP contribution in [0.1, 0.15) is 20.3 Å². The Morgan fingerprint density at radius 2 is 2.12 bits per heavy atom. The van der Waals surface area contributed by atoms with Gasteiger partial charge in [-0.05, 0) is 31.5 Å². The Morgan fingerprint density at radius 3 is 2.69 bits per heavy atom. The number of nitrogens with zero attached hydrogens (tertiary/aromatic N) is 1. The maximum absolute atomic E-state index is 6.01. The zero-order chi connectivity index (χ0) is 11.7. The lowest BCUT2D eigenvalue weighted by atomic mass is 10.2. The molecule has 88 valence electrons. The normalized spacial score (nSPS) is 25.1. The maximum Gasteiger partial charge on any atom is 0.127 e. The molecule has 0 saturated carbocycles. The molecule has 0 radical (unpaired) electrons. The zero-order valence-electron chi connectivity index (χ0n) is 9.41. The molecule has 2 rings (SSSR count). The molecule has 0 spiro atoms. The Hall–Kier alpha value is -0.440. The van der Waals surface area contributed by atoms with Gasteiger partial charge in [0.1, 0.15) is 6.23 Å². The molecule has 4 heteroatoms. The van der Waals surface area contributed by atoms with E-state index >= 15 is 0 Å². The van der Waals surface area contributed by atoms with Gasteiger partial charge in [-0.25, -0.2) is 0 Å². The molecule has 1 aromatic rings. The van der Waals surface area contributed by atoms with Crippen molar-refractivity contribution in [2.75, 3.05) is 11.4 Å². The summed E-state index contributed by atoms with van der Waals surface area (Å²) in [5, 5.41) is 1.18. The summed E-state index contributed by atoms with van der Waals surface area (Å²) in [6, 6.07) is 5.69. The molecule has 2 nitrogen and oxygen atoms in total. The Balaban J connectivity index is 2.21. The van der Waals surface area contributed by atoms with Gasteiger partial charge < -0.3 is 9.64 Å². The number of anilines is 1. The third-order valence-corrected chi connectivity index (χ3v) is 3.66. The third-order valence-electron chi connectivity index (χ3n) is 2.92. The van der Waals surface area contributed by atoms with E-state index < -0.39 is 0 Å². The topological polar surface area (TPSA) is 12.5 Å². The third kappa shape index (κ3) is 2.29. The van der Waals surface area contributed by atoms with E-state index in [1.165, 1.54) is 0 Å². The highest BCUT2D eigenvalue weighted by molar-refractivity contribution is 6.42. The molecule has 1 aliphatic heterocycles. The lowest BCUT2D eigenvalue weighted by Gasteiger charge is -2.22. The van der Waals surface area contributed by atoms with Gasteiger partial charge in [0.2, 0.25) is 0 Å². The molecule has 0 amide bonds. The monoisotopic (exact) mass is 259 g/mol. The fraction of sp³-hybridized carbons (Fsp3) is 0.500. The SMILES string of the molecule is CC[C@@H]1CN(c2ccc(Cl)c(Cl)c2)[C@@H](C)O1. The van der Waals surface area contributed by atoms with Crippen LogP contribution in [0, 0.1) is 0 Å². The summed E-state index contributed by atoms with van der Waals surface area (Å²) in [6.07, 6.45) is 1.44. The minimum atomic E-state index is 0.0993. The molecule has 2 atom stereocenters. The van der Waals surface area contributed by atoms with Crippen LogP contribution in [0.3, 0.4) is 0 Å². The Bertz CT molecular complexity index is 383. The fourth-order valence-electron chi connectivity index (χ4n) is 1.97. The van der Waals surface area contributed by atoms with Gasteiger partial charge in [-0.15, -0.1) is 0 Å². The van der Waals surface area contributed by atoms with Crippen molar-refractivity contribution >= 4 is 28.9 Å². The van der Waals surface area contributed by atoms with Gasteiger partial charge in [-0.2, -0.15) is 0 Å². The van der Waals surface area contributed by atoms with Crippen LogP contribution >= 0.6 is 23.2 Å². The van der Waals surface area contributed by atoms with Crippen molar-refractivity contribution in [1.82, 2.24) is 0 Å². The molecular formula is C12H15Cl2NO. The first-order valence-corrected chi connectivity index (χ1v) is 6.24. The molecule has 0 N–H and O–H groups in total. The van der Waals surface area contributed by atoms with Gasteiger partial charge in [0.15, 0.2) is 0 Å². The van der Waals surface area contributed by atoms with Gasteiger partial charge in [0, 0.05) is 12.2 Å². The number of ether oxygens (including phenoxy) is 1. The second-order valence-electron chi connectivity index (χ2n) is 4.02. The van der Waals surface area contributed by atoms with Crippen LogP contribution in [0.5, 0.6) is 0 Å². The summed E-state index contributed by atoms with van der Waals surface area (Å²) in [4.78, 5) is 2.20. The molecule has 0 bridgehead atoms. The predicted molar refractivity (Wildman–Crippen MR) is 68.4 cm³/mol. The van der Waals surface area contributed by atoms with Gasteiger partial charge in [0.05, 0.1) is 16.1 Å². The standard InChI is InChI=1S/C12H15Cl2NO/c1-3-10-7-15(8(2)16-10)9-4-5-11(13)12(14)6-9/h4-6,8,10H,3,7H2,1-2H3/t8-,10-/m1/s1. The van der Waals surface area contributed by atoms with Crippen LogP contribution in [-0.4, -0.2) is 18.9 Å². The van der Waals surface area contributed by atoms with Crippen LogP contribution in [0.25, 0.3) is 0 Å². The summed E-state index contributed by atoms with van der Waals surface area (Å²) in [5.74, 6) is 0. The molecule has 1 saturated heterocycles. The smallest absolute Gasteiger partial charge is 0.127 e. The second kappa shape index (κ2) is 4.82.